The van der Waals surface area contributed by atoms with Crippen molar-refractivity contribution >= 4 is 8.32 Å². The van der Waals surface area contributed by atoms with Gasteiger partial charge in [-0.25, -0.2) is 0 Å². The van der Waals surface area contributed by atoms with Gasteiger partial charge in [0.25, 0.3) is 0 Å². The summed E-state index contributed by atoms with van der Waals surface area (Å²) < 4.78 is 12.4. The summed E-state index contributed by atoms with van der Waals surface area (Å²) in [7, 11) is -0.0629. The highest BCUT2D eigenvalue weighted by Crippen LogP contribution is 2.45. The van der Waals surface area contributed by atoms with Crippen molar-refractivity contribution in [3.63, 3.8) is 0 Å². The molecular weight excluding hydrogens is 446 g/mol. The zero-order chi connectivity index (χ0) is 25.1. The van der Waals surface area contributed by atoms with Crippen molar-refractivity contribution in [1.29, 1.82) is 0 Å². The molecule has 2 fully saturated rings. The Kier molecular flexibility index (Phi) is 8.14. The van der Waals surface area contributed by atoms with E-state index in [9.17, 15) is 0 Å². The normalized spacial score (nSPS) is 20.6. The van der Waals surface area contributed by atoms with Gasteiger partial charge >= 0.3 is 0 Å². The van der Waals surface area contributed by atoms with Gasteiger partial charge in [0.15, 0.2) is 8.32 Å². The van der Waals surface area contributed by atoms with Gasteiger partial charge in [0, 0.05) is 18.1 Å². The summed E-state index contributed by atoms with van der Waals surface area (Å²) in [4.78, 5) is 2.80. The third-order valence-corrected chi connectivity index (χ3v) is 13.8. The van der Waals surface area contributed by atoms with Crippen molar-refractivity contribution in [1.82, 2.24) is 4.90 Å². The van der Waals surface area contributed by atoms with Crippen LogP contribution in [-0.2, 0) is 9.84 Å². The first-order valence-corrected chi connectivity index (χ1v) is 16.6. The highest BCUT2D eigenvalue weighted by Gasteiger charge is 2.44. The number of ether oxygens (including phenoxy) is 1. The number of rotatable bonds is 8. The standard InChI is InChI=1S/C31H47NO2Si/c1-30(2,3)35(5,6)34-24-31(27-14-8-7-9-15-27)20-22-32(23-21-31)29(25-12-10-11-13-25)26-16-18-28(33-4)19-17-26/h7-9,14-19,25,29H,10-13,20-24H2,1-6H3. The predicted molar refractivity (Wildman–Crippen MR) is 150 cm³/mol. The van der Waals surface area contributed by atoms with Crippen molar-refractivity contribution in [2.75, 3.05) is 26.8 Å². The van der Waals surface area contributed by atoms with Crippen LogP contribution in [0.4, 0.5) is 0 Å². The average Bonchev–Trinajstić information content (AvgIpc) is 3.39. The first-order chi connectivity index (χ1) is 16.7. The van der Waals surface area contributed by atoms with Crippen molar-refractivity contribution in [3.05, 3.63) is 65.7 Å². The fraction of sp³-hybridized carbons (Fsp3) is 0.613. The molecule has 3 nitrogen and oxygen atoms in total. The number of likely N-dealkylation sites (tertiary alicyclic amines) is 1. The maximum atomic E-state index is 6.90. The first-order valence-electron chi connectivity index (χ1n) is 13.7. The number of piperidine rings is 1. The second kappa shape index (κ2) is 10.8. The SMILES string of the molecule is COc1ccc(C(C2CCCC2)N2CCC(CO[Si](C)(C)C(C)(C)C)(c3ccccc3)CC2)cc1. The molecule has 4 heteroatoms. The monoisotopic (exact) mass is 493 g/mol. The van der Waals surface area contributed by atoms with Crippen molar-refractivity contribution in [3.8, 4) is 5.75 Å². The molecule has 2 aromatic rings. The van der Waals surface area contributed by atoms with Gasteiger partial charge in [-0.3, -0.25) is 4.90 Å². The summed E-state index contributed by atoms with van der Waals surface area (Å²) >= 11 is 0. The van der Waals surface area contributed by atoms with Crippen LogP contribution < -0.4 is 4.74 Å². The molecule has 4 rings (SSSR count). The highest BCUT2D eigenvalue weighted by molar-refractivity contribution is 6.74. The van der Waals surface area contributed by atoms with Gasteiger partial charge in [-0.05, 0) is 86.1 Å². The van der Waals surface area contributed by atoms with Crippen molar-refractivity contribution in [2.45, 2.75) is 88.9 Å². The third kappa shape index (κ3) is 5.86. The summed E-state index contributed by atoms with van der Waals surface area (Å²) in [5.74, 6) is 1.71. The Bertz CT molecular complexity index is 921. The smallest absolute Gasteiger partial charge is 0.192 e. The van der Waals surface area contributed by atoms with Gasteiger partial charge in [-0.2, -0.15) is 0 Å². The van der Waals surface area contributed by atoms with E-state index >= 15 is 0 Å². The molecule has 35 heavy (non-hydrogen) atoms. The summed E-state index contributed by atoms with van der Waals surface area (Å²) in [6, 6.07) is 20.6. The topological polar surface area (TPSA) is 21.7 Å². The maximum Gasteiger partial charge on any atom is 0.192 e. The van der Waals surface area contributed by atoms with Gasteiger partial charge in [-0.1, -0.05) is 76.1 Å². The van der Waals surface area contributed by atoms with Gasteiger partial charge in [0.05, 0.1) is 7.11 Å². The van der Waals surface area contributed by atoms with Gasteiger partial charge in [-0.15, -0.1) is 0 Å². The number of nitrogens with zero attached hydrogens (tertiary/aromatic N) is 1. The van der Waals surface area contributed by atoms with E-state index in [0.29, 0.717) is 6.04 Å². The molecule has 1 aliphatic heterocycles. The number of hydrogen-bond donors (Lipinski definition) is 0. The summed E-state index contributed by atoms with van der Waals surface area (Å²) in [5.41, 5.74) is 3.02. The van der Waals surface area contributed by atoms with E-state index in [1.54, 1.807) is 7.11 Å². The van der Waals surface area contributed by atoms with Crippen LogP contribution in [0, 0.1) is 5.92 Å². The lowest BCUT2D eigenvalue weighted by Crippen LogP contribution is -2.50. The molecule has 192 valence electrons. The Morgan fingerprint density at radius 2 is 1.54 bits per heavy atom. The maximum absolute atomic E-state index is 6.90. The Hall–Kier alpha value is -1.62. The second-order valence-corrected chi connectivity index (χ2v) is 17.3. The van der Waals surface area contributed by atoms with Crippen LogP contribution in [0.5, 0.6) is 5.75 Å². The summed E-state index contributed by atoms with van der Waals surface area (Å²) in [5, 5.41) is 0.230. The van der Waals surface area contributed by atoms with Gasteiger partial charge in [0.1, 0.15) is 5.75 Å². The molecule has 2 aliphatic rings. The van der Waals surface area contributed by atoms with Crippen LogP contribution in [0.2, 0.25) is 18.1 Å². The first kappa shape index (κ1) is 26.4. The molecule has 1 aliphatic carbocycles. The third-order valence-electron chi connectivity index (χ3n) is 9.35. The molecule has 0 radical (unpaired) electrons. The molecule has 0 amide bonds. The molecular formula is C31H47NO2Si. The lowest BCUT2D eigenvalue weighted by Gasteiger charge is -2.48. The predicted octanol–water partition coefficient (Wildman–Crippen LogP) is 7.98. The molecule has 0 spiro atoms. The molecule has 1 atom stereocenters. The van der Waals surface area contributed by atoms with Crippen LogP contribution in [0.15, 0.2) is 54.6 Å². The van der Waals surface area contributed by atoms with Gasteiger partial charge in [0.2, 0.25) is 0 Å². The largest absolute Gasteiger partial charge is 0.497 e. The summed E-state index contributed by atoms with van der Waals surface area (Å²) in [6.07, 6.45) is 7.77. The van der Waals surface area contributed by atoms with Crippen molar-refractivity contribution < 1.29 is 9.16 Å². The Morgan fingerprint density at radius 3 is 2.09 bits per heavy atom. The number of methoxy groups -OCH3 is 1. The zero-order valence-electron chi connectivity index (χ0n) is 23.0. The van der Waals surface area contributed by atoms with E-state index < -0.39 is 8.32 Å². The Balaban J connectivity index is 1.56. The minimum Gasteiger partial charge on any atom is -0.497 e. The van der Waals surface area contributed by atoms with E-state index in [-0.39, 0.29) is 10.5 Å². The fourth-order valence-electron chi connectivity index (χ4n) is 5.93. The molecule has 1 heterocycles. The quantitative estimate of drug-likeness (QED) is 0.348. The van der Waals surface area contributed by atoms with E-state index in [1.165, 1.54) is 36.8 Å². The van der Waals surface area contributed by atoms with E-state index in [1.807, 2.05) is 0 Å². The van der Waals surface area contributed by atoms with Crippen LogP contribution >= 0.6 is 0 Å². The molecule has 0 N–H and O–H groups in total. The lowest BCUT2D eigenvalue weighted by molar-refractivity contribution is 0.0580. The van der Waals surface area contributed by atoms with E-state index in [2.05, 4.69) is 93.4 Å². The van der Waals surface area contributed by atoms with Crippen LogP contribution in [0.1, 0.15) is 76.5 Å². The minimum atomic E-state index is -1.82. The lowest BCUT2D eigenvalue weighted by atomic mass is 9.72. The second-order valence-electron chi connectivity index (χ2n) is 12.5. The fourth-order valence-corrected chi connectivity index (χ4v) is 7.00. The highest BCUT2D eigenvalue weighted by atomic mass is 28.4. The van der Waals surface area contributed by atoms with E-state index in [0.717, 1.165) is 44.2 Å². The molecule has 1 saturated heterocycles. The Morgan fingerprint density at radius 1 is 0.943 bits per heavy atom. The molecule has 1 unspecified atom stereocenters. The van der Waals surface area contributed by atoms with Crippen LogP contribution in [0.25, 0.3) is 0 Å². The minimum absolute atomic E-state index is 0.105. The van der Waals surface area contributed by atoms with Gasteiger partial charge < -0.3 is 9.16 Å². The number of hydrogen-bond acceptors (Lipinski definition) is 3. The van der Waals surface area contributed by atoms with Crippen LogP contribution in [0.3, 0.4) is 0 Å². The Labute approximate surface area is 215 Å². The molecule has 0 aromatic heterocycles. The molecule has 0 bridgehead atoms. The molecule has 2 aromatic carbocycles. The number of benzene rings is 2. The van der Waals surface area contributed by atoms with E-state index in [4.69, 9.17) is 9.16 Å². The van der Waals surface area contributed by atoms with Crippen LogP contribution in [-0.4, -0.2) is 40.0 Å². The zero-order valence-corrected chi connectivity index (χ0v) is 24.0. The average molecular weight is 494 g/mol. The summed E-state index contributed by atoms with van der Waals surface area (Å²) in [6.45, 7) is 14.9. The molecule has 1 saturated carbocycles. The van der Waals surface area contributed by atoms with Crippen molar-refractivity contribution in [2.24, 2.45) is 5.92 Å².